The Labute approximate surface area is 122 Å². The van der Waals surface area contributed by atoms with E-state index in [2.05, 4.69) is 19.1 Å². The summed E-state index contributed by atoms with van der Waals surface area (Å²) >= 11 is 7.72. The van der Waals surface area contributed by atoms with Crippen molar-refractivity contribution in [1.82, 2.24) is 0 Å². The summed E-state index contributed by atoms with van der Waals surface area (Å²) in [5, 5.41) is 11.0. The van der Waals surface area contributed by atoms with Crippen molar-refractivity contribution in [2.45, 2.75) is 25.9 Å². The van der Waals surface area contributed by atoms with Gasteiger partial charge in [0.05, 0.1) is 13.2 Å². The molecule has 0 aliphatic heterocycles. The van der Waals surface area contributed by atoms with Crippen LogP contribution >= 0.6 is 22.9 Å². The number of aliphatic hydroxyl groups is 1. The van der Waals surface area contributed by atoms with Crippen molar-refractivity contribution >= 4 is 22.9 Å². The van der Waals surface area contributed by atoms with Crippen molar-refractivity contribution in [3.05, 3.63) is 50.7 Å². The number of methoxy groups -OCH3 is 1. The Morgan fingerprint density at radius 1 is 1.26 bits per heavy atom. The summed E-state index contributed by atoms with van der Waals surface area (Å²) in [6.45, 7) is 2.13. The summed E-state index contributed by atoms with van der Waals surface area (Å²) in [6.07, 6.45) is 1.01. The summed E-state index contributed by atoms with van der Waals surface area (Å²) in [6, 6.07) is 9.49. The van der Waals surface area contributed by atoms with Crippen molar-refractivity contribution in [1.29, 1.82) is 0 Å². The summed E-state index contributed by atoms with van der Waals surface area (Å²) in [5.74, 6) is 0.671. The SMILES string of the molecule is CCc1ccc(CC(O)c2cc(Cl)ccc2OC)s1. The first-order valence-electron chi connectivity index (χ1n) is 6.23. The smallest absolute Gasteiger partial charge is 0.124 e. The van der Waals surface area contributed by atoms with Crippen LogP contribution in [0, 0.1) is 0 Å². The quantitative estimate of drug-likeness (QED) is 0.894. The molecule has 0 radical (unpaired) electrons. The number of hydrogen-bond donors (Lipinski definition) is 1. The maximum atomic E-state index is 10.4. The first-order chi connectivity index (χ1) is 9.13. The maximum absolute atomic E-state index is 10.4. The molecule has 1 N–H and O–H groups in total. The van der Waals surface area contributed by atoms with Gasteiger partial charge in [-0.05, 0) is 36.8 Å². The molecule has 0 fully saturated rings. The van der Waals surface area contributed by atoms with Gasteiger partial charge in [0, 0.05) is 26.8 Å². The lowest BCUT2D eigenvalue weighted by atomic mass is 10.0. The van der Waals surface area contributed by atoms with Gasteiger partial charge in [-0.3, -0.25) is 0 Å². The van der Waals surface area contributed by atoms with Crippen LogP contribution in [-0.2, 0) is 12.8 Å². The minimum absolute atomic E-state index is 0.585. The number of rotatable bonds is 5. The standard InChI is InChI=1S/C15H17ClO2S/c1-3-11-5-6-12(19-11)9-14(17)13-8-10(16)4-7-15(13)18-2/h4-8,14,17H,3,9H2,1-2H3. The fraction of sp³-hybridized carbons (Fsp3) is 0.333. The van der Waals surface area contributed by atoms with Gasteiger partial charge in [-0.25, -0.2) is 0 Å². The van der Waals surface area contributed by atoms with Crippen LogP contribution in [0.15, 0.2) is 30.3 Å². The summed E-state index contributed by atoms with van der Waals surface area (Å²) < 4.78 is 5.27. The topological polar surface area (TPSA) is 29.5 Å². The average molecular weight is 297 g/mol. The van der Waals surface area contributed by atoms with Crippen LogP contribution in [0.1, 0.15) is 28.3 Å². The Morgan fingerprint density at radius 2 is 2.00 bits per heavy atom. The number of halogens is 1. The van der Waals surface area contributed by atoms with Crippen molar-refractivity contribution < 1.29 is 9.84 Å². The van der Waals surface area contributed by atoms with Gasteiger partial charge in [0.2, 0.25) is 0 Å². The number of benzene rings is 1. The Bertz CT molecular complexity index is 551. The van der Waals surface area contributed by atoms with E-state index in [0.29, 0.717) is 17.2 Å². The molecular weight excluding hydrogens is 280 g/mol. The molecule has 0 bridgehead atoms. The lowest BCUT2D eigenvalue weighted by molar-refractivity contribution is 0.175. The van der Waals surface area contributed by atoms with Gasteiger partial charge in [-0.15, -0.1) is 11.3 Å². The number of aryl methyl sites for hydroxylation is 1. The normalized spacial score (nSPS) is 12.4. The molecule has 0 saturated carbocycles. The molecule has 0 aliphatic carbocycles. The fourth-order valence-electron chi connectivity index (χ4n) is 1.99. The second-order valence-corrected chi connectivity index (χ2v) is 6.02. The molecule has 2 rings (SSSR count). The molecule has 2 aromatic rings. The van der Waals surface area contributed by atoms with E-state index in [-0.39, 0.29) is 0 Å². The minimum Gasteiger partial charge on any atom is -0.496 e. The monoisotopic (exact) mass is 296 g/mol. The van der Waals surface area contributed by atoms with E-state index in [9.17, 15) is 5.11 Å². The number of thiophene rings is 1. The highest BCUT2D eigenvalue weighted by atomic mass is 35.5. The van der Waals surface area contributed by atoms with Crippen LogP contribution in [0.25, 0.3) is 0 Å². The molecule has 102 valence electrons. The fourth-order valence-corrected chi connectivity index (χ4v) is 3.16. The molecule has 1 atom stereocenters. The molecule has 4 heteroatoms. The van der Waals surface area contributed by atoms with E-state index in [0.717, 1.165) is 12.0 Å². The van der Waals surface area contributed by atoms with E-state index in [1.807, 2.05) is 0 Å². The van der Waals surface area contributed by atoms with E-state index >= 15 is 0 Å². The van der Waals surface area contributed by atoms with Crippen LogP contribution in [0.5, 0.6) is 5.75 Å². The summed E-state index contributed by atoms with van der Waals surface area (Å²) in [7, 11) is 1.60. The molecular formula is C15H17ClO2S. The van der Waals surface area contributed by atoms with Gasteiger partial charge < -0.3 is 9.84 Å². The highest BCUT2D eigenvalue weighted by molar-refractivity contribution is 7.11. The molecule has 2 nitrogen and oxygen atoms in total. The molecule has 0 amide bonds. The largest absolute Gasteiger partial charge is 0.496 e. The highest BCUT2D eigenvalue weighted by Crippen LogP contribution is 2.31. The molecule has 1 aromatic carbocycles. The Balaban J connectivity index is 2.19. The van der Waals surface area contributed by atoms with Gasteiger partial charge in [0.15, 0.2) is 0 Å². The zero-order chi connectivity index (χ0) is 13.8. The van der Waals surface area contributed by atoms with Gasteiger partial charge in [-0.1, -0.05) is 18.5 Å². The van der Waals surface area contributed by atoms with E-state index in [4.69, 9.17) is 16.3 Å². The van der Waals surface area contributed by atoms with Crippen LogP contribution in [-0.4, -0.2) is 12.2 Å². The van der Waals surface area contributed by atoms with Crippen LogP contribution in [0.4, 0.5) is 0 Å². The first-order valence-corrected chi connectivity index (χ1v) is 7.42. The Kier molecular flexibility index (Phi) is 4.86. The lowest BCUT2D eigenvalue weighted by Crippen LogP contribution is -2.03. The molecule has 1 aromatic heterocycles. The van der Waals surface area contributed by atoms with Crippen molar-refractivity contribution in [2.24, 2.45) is 0 Å². The van der Waals surface area contributed by atoms with Gasteiger partial charge in [0.1, 0.15) is 5.75 Å². The van der Waals surface area contributed by atoms with E-state index in [1.54, 1.807) is 36.6 Å². The lowest BCUT2D eigenvalue weighted by Gasteiger charge is -2.14. The zero-order valence-corrected chi connectivity index (χ0v) is 12.6. The molecule has 19 heavy (non-hydrogen) atoms. The van der Waals surface area contributed by atoms with Crippen molar-refractivity contribution in [3.8, 4) is 5.75 Å². The number of hydrogen-bond acceptors (Lipinski definition) is 3. The number of ether oxygens (including phenoxy) is 1. The first kappa shape index (κ1) is 14.4. The van der Waals surface area contributed by atoms with Gasteiger partial charge in [0.25, 0.3) is 0 Å². The van der Waals surface area contributed by atoms with Crippen molar-refractivity contribution in [2.75, 3.05) is 7.11 Å². The molecule has 1 heterocycles. The Hall–Kier alpha value is -1.03. The molecule has 0 spiro atoms. The van der Waals surface area contributed by atoms with Crippen LogP contribution < -0.4 is 4.74 Å². The molecule has 1 unspecified atom stereocenters. The van der Waals surface area contributed by atoms with Crippen LogP contribution in [0.3, 0.4) is 0 Å². The Morgan fingerprint density at radius 3 is 2.63 bits per heavy atom. The van der Waals surface area contributed by atoms with E-state index < -0.39 is 6.10 Å². The second-order valence-electron chi connectivity index (χ2n) is 4.33. The summed E-state index contributed by atoms with van der Waals surface area (Å²) in [5.41, 5.74) is 0.737. The zero-order valence-electron chi connectivity index (χ0n) is 11.0. The molecule has 0 saturated heterocycles. The van der Waals surface area contributed by atoms with Gasteiger partial charge >= 0.3 is 0 Å². The highest BCUT2D eigenvalue weighted by Gasteiger charge is 2.15. The third kappa shape index (κ3) is 3.50. The third-order valence-corrected chi connectivity index (χ3v) is 4.50. The maximum Gasteiger partial charge on any atom is 0.124 e. The van der Waals surface area contributed by atoms with E-state index in [1.165, 1.54) is 9.75 Å². The summed E-state index contributed by atoms with van der Waals surface area (Å²) in [4.78, 5) is 2.51. The second kappa shape index (κ2) is 6.42. The third-order valence-electron chi connectivity index (χ3n) is 3.01. The predicted octanol–water partition coefficient (Wildman–Crippen LogP) is 4.25. The minimum atomic E-state index is -0.600. The molecule has 0 aliphatic rings. The average Bonchev–Trinajstić information content (AvgIpc) is 2.86. The van der Waals surface area contributed by atoms with Crippen molar-refractivity contribution in [3.63, 3.8) is 0 Å². The van der Waals surface area contributed by atoms with Gasteiger partial charge in [-0.2, -0.15) is 0 Å². The predicted molar refractivity (Wildman–Crippen MR) is 80.4 cm³/mol. The number of aliphatic hydroxyl groups excluding tert-OH is 1. The van der Waals surface area contributed by atoms with Crippen LogP contribution in [0.2, 0.25) is 5.02 Å².